The largest absolute Gasteiger partial charge is 0.770 e. The van der Waals surface area contributed by atoms with Crippen LogP contribution < -0.4 is 0 Å². The lowest BCUT2D eigenvalue weighted by atomic mass is 10.8. The highest BCUT2D eigenvalue weighted by Crippen LogP contribution is 1.99. The van der Waals surface area contributed by atoms with Gasteiger partial charge in [-0.15, -0.1) is 0 Å². The van der Waals surface area contributed by atoms with Crippen molar-refractivity contribution >= 4 is 21.5 Å². The number of hydrogen-bond donors (Lipinski definition) is 2. The Balaban J connectivity index is 4.22. The van der Waals surface area contributed by atoms with E-state index in [0.29, 0.717) is 0 Å². The first-order valence-electron chi connectivity index (χ1n) is 2.21. The lowest BCUT2D eigenvalue weighted by Crippen LogP contribution is -2.26. The Morgan fingerprint density at radius 3 is 2.18 bits per heavy atom. The normalized spacial score (nSPS) is 17.7. The van der Waals surface area contributed by atoms with E-state index in [4.69, 9.17) is 9.66 Å². The van der Waals surface area contributed by atoms with Gasteiger partial charge < -0.3 is 9.66 Å². The van der Waals surface area contributed by atoms with E-state index in [2.05, 4.69) is 4.18 Å². The first kappa shape index (κ1) is 10.9. The van der Waals surface area contributed by atoms with Crippen LogP contribution in [0.4, 0.5) is 0 Å². The van der Waals surface area contributed by atoms with Gasteiger partial charge in [0.1, 0.15) is 0 Å². The molecule has 0 radical (unpaired) electrons. The van der Waals surface area contributed by atoms with E-state index in [1.54, 1.807) is 0 Å². The van der Waals surface area contributed by atoms with Crippen LogP contribution >= 0.6 is 0 Å². The van der Waals surface area contributed by atoms with Gasteiger partial charge in [0.2, 0.25) is 0 Å². The van der Waals surface area contributed by atoms with Crippen molar-refractivity contribution in [3.8, 4) is 0 Å². The zero-order valence-corrected chi connectivity index (χ0v) is 6.67. The molecule has 0 fully saturated rings. The van der Waals surface area contributed by atoms with E-state index in [0.717, 1.165) is 0 Å². The van der Waals surface area contributed by atoms with Crippen molar-refractivity contribution in [2.75, 3.05) is 6.61 Å². The molecule has 2 unspecified atom stereocenters. The molecule has 11 heavy (non-hydrogen) atoms. The summed E-state index contributed by atoms with van der Waals surface area (Å²) in [4.78, 5) is 0. The molecule has 9 heteroatoms. The smallest absolute Gasteiger partial charge is 0.398 e. The van der Waals surface area contributed by atoms with E-state index in [1.165, 1.54) is 0 Å². The predicted molar refractivity (Wildman–Crippen MR) is 32.4 cm³/mol. The Labute approximate surface area is 65.2 Å². The molecule has 68 valence electrons. The Hall–Kier alpha value is -0.0600. The summed E-state index contributed by atoms with van der Waals surface area (Å²) in [5, 5.41) is 8.17. The summed E-state index contributed by atoms with van der Waals surface area (Å²) in [6.07, 6.45) is 0. The van der Waals surface area contributed by atoms with Crippen molar-refractivity contribution in [3.05, 3.63) is 0 Å². The quantitative estimate of drug-likeness (QED) is 0.402. The third-order valence-electron chi connectivity index (χ3n) is 0.593. The maximum absolute atomic E-state index is 9.95. The molecule has 0 aromatic carbocycles. The molecule has 0 spiro atoms. The van der Waals surface area contributed by atoms with Gasteiger partial charge in [0, 0.05) is 0 Å². The van der Waals surface area contributed by atoms with E-state index < -0.39 is 33.5 Å². The van der Waals surface area contributed by atoms with Crippen LogP contribution in [0.25, 0.3) is 0 Å². The van der Waals surface area contributed by atoms with Gasteiger partial charge in [-0.3, -0.25) is 8.76 Å². The number of hydrogen-bond acceptors (Lipinski definition) is 6. The zero-order valence-electron chi connectivity index (χ0n) is 5.04. The fourth-order valence-corrected chi connectivity index (χ4v) is 1.27. The molecule has 0 bridgehead atoms. The molecule has 2 N–H and O–H groups in total. The SMILES string of the molecule is O=S([O-])C(CO)OS(=O)(=O)O. The fourth-order valence-electron chi connectivity index (χ4n) is 0.259. The van der Waals surface area contributed by atoms with Gasteiger partial charge >= 0.3 is 10.4 Å². The summed E-state index contributed by atoms with van der Waals surface area (Å²) < 4.78 is 51.1. The highest BCUT2D eigenvalue weighted by Gasteiger charge is 2.16. The summed E-state index contributed by atoms with van der Waals surface area (Å²) in [7, 11) is -4.83. The fraction of sp³-hybridized carbons (Fsp3) is 1.00. The topological polar surface area (TPSA) is 124 Å². The van der Waals surface area contributed by atoms with E-state index >= 15 is 0 Å². The third kappa shape index (κ3) is 5.24. The first-order valence-corrected chi connectivity index (χ1v) is 4.72. The van der Waals surface area contributed by atoms with Crippen molar-refractivity contribution in [1.82, 2.24) is 0 Å². The Morgan fingerprint density at radius 1 is 1.64 bits per heavy atom. The first-order chi connectivity index (χ1) is 4.87. The van der Waals surface area contributed by atoms with Gasteiger partial charge in [0.15, 0.2) is 5.44 Å². The van der Waals surface area contributed by atoms with Crippen LogP contribution in [-0.2, 0) is 25.7 Å². The van der Waals surface area contributed by atoms with Crippen molar-refractivity contribution in [3.63, 3.8) is 0 Å². The summed E-state index contributed by atoms with van der Waals surface area (Å²) in [5.41, 5.74) is -1.95. The number of aliphatic hydroxyl groups is 1. The van der Waals surface area contributed by atoms with Gasteiger partial charge in [0.05, 0.1) is 6.61 Å². The van der Waals surface area contributed by atoms with E-state index in [1.807, 2.05) is 0 Å². The second-order valence-corrected chi connectivity index (χ2v) is 3.49. The molecule has 2 atom stereocenters. The molecule has 0 saturated carbocycles. The maximum atomic E-state index is 9.95. The summed E-state index contributed by atoms with van der Waals surface area (Å²) >= 11 is -2.91. The van der Waals surface area contributed by atoms with Crippen molar-refractivity contribution < 1.29 is 31.0 Å². The molecule has 0 aliphatic rings. The second kappa shape index (κ2) is 4.09. The minimum atomic E-state index is -4.83. The lowest BCUT2D eigenvalue weighted by molar-refractivity contribution is 0.156. The average molecular weight is 205 g/mol. The Kier molecular flexibility index (Phi) is 4.07. The summed E-state index contributed by atoms with van der Waals surface area (Å²) in [5.74, 6) is 0. The Bertz CT molecular complexity index is 229. The van der Waals surface area contributed by atoms with Crippen LogP contribution in [0.2, 0.25) is 0 Å². The van der Waals surface area contributed by atoms with Gasteiger partial charge in [-0.25, -0.2) is 4.18 Å². The van der Waals surface area contributed by atoms with Gasteiger partial charge in [-0.1, -0.05) is 0 Å². The average Bonchev–Trinajstić information content (AvgIpc) is 1.80. The monoisotopic (exact) mass is 205 g/mol. The maximum Gasteiger partial charge on any atom is 0.398 e. The van der Waals surface area contributed by atoms with Crippen LogP contribution in [0.15, 0.2) is 0 Å². The van der Waals surface area contributed by atoms with Crippen molar-refractivity contribution in [2.45, 2.75) is 5.44 Å². The molecule has 0 amide bonds. The zero-order chi connectivity index (χ0) is 9.07. The molecule has 0 heterocycles. The molecule has 0 aliphatic carbocycles. The van der Waals surface area contributed by atoms with E-state index in [-0.39, 0.29) is 0 Å². The molecule has 0 aromatic heterocycles. The molecule has 0 saturated heterocycles. The highest BCUT2D eigenvalue weighted by atomic mass is 32.3. The minimum absolute atomic E-state index is 1.05. The van der Waals surface area contributed by atoms with Crippen LogP contribution in [0, 0.1) is 0 Å². The molecule has 7 nitrogen and oxygen atoms in total. The predicted octanol–water partition coefficient (Wildman–Crippen LogP) is -2.00. The Morgan fingerprint density at radius 2 is 2.09 bits per heavy atom. The molecular weight excluding hydrogens is 200 g/mol. The van der Waals surface area contributed by atoms with Crippen molar-refractivity contribution in [1.29, 1.82) is 0 Å². The third-order valence-corrected chi connectivity index (χ3v) is 1.86. The van der Waals surface area contributed by atoms with Gasteiger partial charge in [-0.05, 0) is 11.1 Å². The van der Waals surface area contributed by atoms with Crippen LogP contribution in [-0.4, -0.2) is 38.9 Å². The minimum Gasteiger partial charge on any atom is -0.770 e. The van der Waals surface area contributed by atoms with Crippen molar-refractivity contribution in [2.24, 2.45) is 0 Å². The van der Waals surface area contributed by atoms with Gasteiger partial charge in [0.25, 0.3) is 0 Å². The number of aliphatic hydroxyl groups excluding tert-OH is 1. The molecule has 0 aliphatic heterocycles. The van der Waals surface area contributed by atoms with Gasteiger partial charge in [-0.2, -0.15) is 8.42 Å². The summed E-state index contributed by atoms with van der Waals surface area (Å²) in [6, 6.07) is 0. The second-order valence-electron chi connectivity index (χ2n) is 1.40. The van der Waals surface area contributed by atoms with Crippen LogP contribution in [0.3, 0.4) is 0 Å². The highest BCUT2D eigenvalue weighted by molar-refractivity contribution is 7.83. The number of rotatable bonds is 4. The molecule has 0 aromatic rings. The van der Waals surface area contributed by atoms with E-state index in [9.17, 15) is 17.2 Å². The molecule has 0 rings (SSSR count). The molecular formula is C2H5O7S2-. The standard InChI is InChI=1S/C2H6O7S2/c3-1-2(10(4)5)9-11(6,7)8/h2-3H,1H2,(H,4,5)(H,6,7,8)/p-1. The lowest BCUT2D eigenvalue weighted by Gasteiger charge is -2.14. The van der Waals surface area contributed by atoms with Crippen LogP contribution in [0.1, 0.15) is 0 Å². The van der Waals surface area contributed by atoms with Crippen LogP contribution in [0.5, 0.6) is 0 Å². The summed E-state index contributed by atoms with van der Waals surface area (Å²) in [6.45, 7) is -1.05.